The first kappa shape index (κ1) is 11.9. The van der Waals surface area contributed by atoms with Crippen molar-refractivity contribution in [3.05, 3.63) is 41.6 Å². The van der Waals surface area contributed by atoms with Crippen LogP contribution in [-0.2, 0) is 13.1 Å². The number of hydrogen-bond donors (Lipinski definition) is 1. The molecule has 0 spiro atoms. The lowest BCUT2D eigenvalue weighted by molar-refractivity contribution is 0.477. The molecule has 0 saturated heterocycles. The summed E-state index contributed by atoms with van der Waals surface area (Å²) in [4.78, 5) is 0. The van der Waals surface area contributed by atoms with Crippen LogP contribution in [0.5, 0.6) is 0 Å². The van der Waals surface area contributed by atoms with Crippen molar-refractivity contribution < 1.29 is 4.42 Å². The van der Waals surface area contributed by atoms with Gasteiger partial charge in [0.15, 0.2) is 0 Å². The molecule has 0 aromatic carbocycles. The maximum atomic E-state index is 5.51. The van der Waals surface area contributed by atoms with Crippen molar-refractivity contribution in [1.82, 2.24) is 15.1 Å². The van der Waals surface area contributed by atoms with Crippen LogP contribution in [0.2, 0.25) is 0 Å². The zero-order valence-electron chi connectivity index (χ0n) is 10.6. The summed E-state index contributed by atoms with van der Waals surface area (Å²) in [6.45, 7) is 7.83. The summed E-state index contributed by atoms with van der Waals surface area (Å²) in [7, 11) is 0. The molecule has 0 unspecified atom stereocenters. The maximum absolute atomic E-state index is 5.51. The molecule has 0 saturated carbocycles. The lowest BCUT2D eigenvalue weighted by Gasteiger charge is -2.04. The minimum absolute atomic E-state index is 0.488. The second-order valence-electron chi connectivity index (χ2n) is 4.67. The monoisotopic (exact) mass is 233 g/mol. The summed E-state index contributed by atoms with van der Waals surface area (Å²) < 4.78 is 7.39. The topological polar surface area (TPSA) is 43.0 Å². The van der Waals surface area contributed by atoms with Gasteiger partial charge in [0.05, 0.1) is 19.0 Å². The Morgan fingerprint density at radius 3 is 2.94 bits per heavy atom. The van der Waals surface area contributed by atoms with Gasteiger partial charge in [0, 0.05) is 24.3 Å². The van der Waals surface area contributed by atoms with Gasteiger partial charge >= 0.3 is 0 Å². The Bertz CT molecular complexity index is 470. The molecule has 0 amide bonds. The second kappa shape index (κ2) is 5.19. The van der Waals surface area contributed by atoms with Crippen LogP contribution in [0.4, 0.5) is 0 Å². The third-order valence-electron chi connectivity index (χ3n) is 2.50. The molecular weight excluding hydrogens is 214 g/mol. The first-order valence-corrected chi connectivity index (χ1v) is 5.92. The van der Waals surface area contributed by atoms with E-state index in [-0.39, 0.29) is 0 Å². The van der Waals surface area contributed by atoms with Gasteiger partial charge in [-0.05, 0) is 18.6 Å². The van der Waals surface area contributed by atoms with Crippen molar-refractivity contribution in [2.45, 2.75) is 39.9 Å². The van der Waals surface area contributed by atoms with Crippen molar-refractivity contribution in [1.29, 1.82) is 0 Å². The second-order valence-corrected chi connectivity index (χ2v) is 4.67. The van der Waals surface area contributed by atoms with E-state index >= 15 is 0 Å². The first-order valence-electron chi connectivity index (χ1n) is 5.92. The Balaban J connectivity index is 1.94. The molecule has 0 fully saturated rings. The lowest BCUT2D eigenvalue weighted by Crippen LogP contribution is -2.21. The molecule has 17 heavy (non-hydrogen) atoms. The molecule has 0 atom stereocenters. The average Bonchev–Trinajstić information content (AvgIpc) is 2.86. The summed E-state index contributed by atoms with van der Waals surface area (Å²) in [5.41, 5.74) is 2.34. The number of aromatic nitrogens is 2. The van der Waals surface area contributed by atoms with Crippen molar-refractivity contribution >= 4 is 0 Å². The number of nitrogens with one attached hydrogen (secondary N) is 1. The van der Waals surface area contributed by atoms with E-state index in [0.717, 1.165) is 12.3 Å². The van der Waals surface area contributed by atoms with Crippen LogP contribution in [0.3, 0.4) is 0 Å². The molecule has 0 radical (unpaired) electrons. The summed E-state index contributed by atoms with van der Waals surface area (Å²) in [6.07, 6.45) is 5.67. The van der Waals surface area contributed by atoms with Crippen LogP contribution >= 0.6 is 0 Å². The maximum Gasteiger partial charge on any atom is 0.125 e. The Morgan fingerprint density at radius 1 is 1.47 bits per heavy atom. The van der Waals surface area contributed by atoms with E-state index in [9.17, 15) is 0 Å². The zero-order valence-corrected chi connectivity index (χ0v) is 10.6. The smallest absolute Gasteiger partial charge is 0.125 e. The first-order chi connectivity index (χ1) is 8.13. The van der Waals surface area contributed by atoms with Crippen LogP contribution in [0.25, 0.3) is 0 Å². The van der Waals surface area contributed by atoms with E-state index in [1.54, 1.807) is 6.26 Å². The van der Waals surface area contributed by atoms with Crippen LogP contribution < -0.4 is 5.32 Å². The molecule has 1 N–H and O–H groups in total. The highest BCUT2D eigenvalue weighted by Crippen LogP contribution is 2.09. The van der Waals surface area contributed by atoms with Gasteiger partial charge in [-0.2, -0.15) is 5.10 Å². The largest absolute Gasteiger partial charge is 0.467 e. The van der Waals surface area contributed by atoms with E-state index in [1.165, 1.54) is 11.1 Å². The van der Waals surface area contributed by atoms with E-state index in [1.807, 2.05) is 24.0 Å². The Labute approximate surface area is 102 Å². The third kappa shape index (κ3) is 3.46. The van der Waals surface area contributed by atoms with E-state index in [2.05, 4.69) is 30.3 Å². The molecule has 2 aromatic rings. The number of nitrogens with zero attached hydrogens (tertiary/aromatic N) is 2. The molecular formula is C13H19N3O. The summed E-state index contributed by atoms with van der Waals surface area (Å²) in [5.74, 6) is 0.939. The SMILES string of the molecule is Cc1cnn(Cc2cc(CNC(C)C)co2)c1. The highest BCUT2D eigenvalue weighted by Gasteiger charge is 2.04. The number of aryl methyl sites for hydroxylation is 1. The van der Waals surface area contributed by atoms with Crippen molar-refractivity contribution in [3.8, 4) is 0 Å². The van der Waals surface area contributed by atoms with Crippen LogP contribution in [0.1, 0.15) is 30.7 Å². The predicted octanol–water partition coefficient (Wildman–Crippen LogP) is 2.33. The Kier molecular flexibility index (Phi) is 3.64. The highest BCUT2D eigenvalue weighted by molar-refractivity contribution is 5.13. The fourth-order valence-corrected chi connectivity index (χ4v) is 1.64. The quantitative estimate of drug-likeness (QED) is 0.862. The van der Waals surface area contributed by atoms with Crippen molar-refractivity contribution in [2.75, 3.05) is 0 Å². The van der Waals surface area contributed by atoms with Gasteiger partial charge in [-0.15, -0.1) is 0 Å². The van der Waals surface area contributed by atoms with E-state index in [0.29, 0.717) is 12.6 Å². The van der Waals surface area contributed by atoms with Gasteiger partial charge in [0.1, 0.15) is 5.76 Å². The number of hydrogen-bond acceptors (Lipinski definition) is 3. The normalized spacial score (nSPS) is 11.3. The van der Waals surface area contributed by atoms with E-state index in [4.69, 9.17) is 4.42 Å². The molecule has 2 aromatic heterocycles. The standard InChI is InChI=1S/C13H19N3O/c1-10(2)14-6-12-4-13(17-9-12)8-16-7-11(3)5-15-16/h4-5,7,9-10,14H,6,8H2,1-3H3. The zero-order chi connectivity index (χ0) is 12.3. The Hall–Kier alpha value is -1.55. The van der Waals surface area contributed by atoms with Crippen molar-refractivity contribution in [2.24, 2.45) is 0 Å². The van der Waals surface area contributed by atoms with Crippen LogP contribution in [0, 0.1) is 6.92 Å². The molecule has 4 heteroatoms. The van der Waals surface area contributed by atoms with Gasteiger partial charge in [-0.3, -0.25) is 4.68 Å². The molecule has 92 valence electrons. The lowest BCUT2D eigenvalue weighted by atomic mass is 10.3. The summed E-state index contributed by atoms with van der Waals surface area (Å²) >= 11 is 0. The summed E-state index contributed by atoms with van der Waals surface area (Å²) in [6, 6.07) is 2.56. The number of furan rings is 1. The Morgan fingerprint density at radius 2 is 2.29 bits per heavy atom. The molecule has 2 heterocycles. The molecule has 0 aliphatic rings. The molecule has 0 aliphatic heterocycles. The van der Waals surface area contributed by atoms with Gasteiger partial charge in [0.25, 0.3) is 0 Å². The van der Waals surface area contributed by atoms with Gasteiger partial charge in [-0.25, -0.2) is 0 Å². The minimum atomic E-state index is 0.488. The van der Waals surface area contributed by atoms with E-state index < -0.39 is 0 Å². The number of rotatable bonds is 5. The van der Waals surface area contributed by atoms with Crippen LogP contribution in [-0.4, -0.2) is 15.8 Å². The van der Waals surface area contributed by atoms with Crippen molar-refractivity contribution in [3.63, 3.8) is 0 Å². The fraction of sp³-hybridized carbons (Fsp3) is 0.462. The third-order valence-corrected chi connectivity index (χ3v) is 2.50. The molecule has 4 nitrogen and oxygen atoms in total. The highest BCUT2D eigenvalue weighted by atomic mass is 16.3. The molecule has 0 aliphatic carbocycles. The molecule has 0 bridgehead atoms. The van der Waals surface area contributed by atoms with Gasteiger partial charge < -0.3 is 9.73 Å². The van der Waals surface area contributed by atoms with Gasteiger partial charge in [0.2, 0.25) is 0 Å². The minimum Gasteiger partial charge on any atom is -0.467 e. The molecule has 2 rings (SSSR count). The average molecular weight is 233 g/mol. The predicted molar refractivity (Wildman–Crippen MR) is 66.7 cm³/mol. The fourth-order valence-electron chi connectivity index (χ4n) is 1.64. The summed E-state index contributed by atoms with van der Waals surface area (Å²) in [5, 5.41) is 7.60. The van der Waals surface area contributed by atoms with Gasteiger partial charge in [-0.1, -0.05) is 13.8 Å². The van der Waals surface area contributed by atoms with Crippen LogP contribution in [0.15, 0.2) is 29.1 Å².